The molecule has 3 rings (SSSR count). The maximum atomic E-state index is 11.3. The summed E-state index contributed by atoms with van der Waals surface area (Å²) in [5, 5.41) is 15.0. The molecule has 0 bridgehead atoms. The van der Waals surface area contributed by atoms with Gasteiger partial charge < -0.3 is 10.3 Å². The zero-order chi connectivity index (χ0) is 14.7. The minimum atomic E-state index is -0.376. The smallest absolute Gasteiger partial charge is 0.301 e. The van der Waals surface area contributed by atoms with Crippen molar-refractivity contribution in [2.45, 2.75) is 6.42 Å². The number of nitrogens with zero attached hydrogens (tertiary/aromatic N) is 3. The second-order valence-corrected chi connectivity index (χ2v) is 4.50. The SMILES string of the molecule is O=[N+]([O-])c1c(NCCc2ncc[nH]2)ccc2ncccc12. The summed E-state index contributed by atoms with van der Waals surface area (Å²) in [5.41, 5.74) is 1.16. The number of imidazole rings is 1. The fraction of sp³-hybridized carbons (Fsp3) is 0.143. The number of pyridine rings is 1. The number of nitrogens with one attached hydrogen (secondary N) is 2. The minimum Gasteiger partial charge on any atom is -0.379 e. The second-order valence-electron chi connectivity index (χ2n) is 4.50. The van der Waals surface area contributed by atoms with Crippen LogP contribution in [0.1, 0.15) is 5.82 Å². The number of anilines is 1. The van der Waals surface area contributed by atoms with Gasteiger partial charge in [0.05, 0.1) is 15.8 Å². The number of hydrogen-bond donors (Lipinski definition) is 2. The highest BCUT2D eigenvalue weighted by Gasteiger charge is 2.18. The van der Waals surface area contributed by atoms with Crippen LogP contribution >= 0.6 is 0 Å². The molecule has 0 unspecified atom stereocenters. The Kier molecular flexibility index (Phi) is 3.46. The molecule has 2 aromatic heterocycles. The fourth-order valence-corrected chi connectivity index (χ4v) is 2.23. The van der Waals surface area contributed by atoms with E-state index in [1.807, 2.05) is 0 Å². The Bertz CT molecular complexity index is 770. The molecule has 0 saturated heterocycles. The van der Waals surface area contributed by atoms with Crippen molar-refractivity contribution in [3.8, 4) is 0 Å². The lowest BCUT2D eigenvalue weighted by atomic mass is 10.1. The van der Waals surface area contributed by atoms with Crippen LogP contribution in [0.2, 0.25) is 0 Å². The van der Waals surface area contributed by atoms with Crippen molar-refractivity contribution in [2.24, 2.45) is 0 Å². The molecule has 0 aliphatic rings. The highest BCUT2D eigenvalue weighted by atomic mass is 16.6. The van der Waals surface area contributed by atoms with Gasteiger partial charge in [-0.3, -0.25) is 15.1 Å². The first-order valence-electron chi connectivity index (χ1n) is 6.50. The molecule has 106 valence electrons. The molecule has 21 heavy (non-hydrogen) atoms. The maximum absolute atomic E-state index is 11.3. The molecule has 7 heteroatoms. The van der Waals surface area contributed by atoms with Crippen molar-refractivity contribution in [3.63, 3.8) is 0 Å². The molecule has 0 aliphatic carbocycles. The van der Waals surface area contributed by atoms with Crippen LogP contribution in [0, 0.1) is 10.1 Å². The number of nitro groups is 1. The third kappa shape index (κ3) is 2.66. The van der Waals surface area contributed by atoms with E-state index >= 15 is 0 Å². The molecule has 0 radical (unpaired) electrons. The zero-order valence-electron chi connectivity index (χ0n) is 11.1. The van der Waals surface area contributed by atoms with Crippen LogP contribution in [-0.2, 0) is 6.42 Å². The summed E-state index contributed by atoms with van der Waals surface area (Å²) in [5.74, 6) is 0.840. The molecule has 0 fully saturated rings. The van der Waals surface area contributed by atoms with Gasteiger partial charge in [-0.1, -0.05) is 0 Å². The molecule has 1 aromatic carbocycles. The van der Waals surface area contributed by atoms with Crippen LogP contribution in [0.4, 0.5) is 11.4 Å². The molecule has 7 nitrogen and oxygen atoms in total. The summed E-state index contributed by atoms with van der Waals surface area (Å²) in [6.45, 7) is 0.556. The average Bonchev–Trinajstić information content (AvgIpc) is 3.00. The highest BCUT2D eigenvalue weighted by Crippen LogP contribution is 2.32. The Labute approximate surface area is 120 Å². The molecule has 2 heterocycles. The highest BCUT2D eigenvalue weighted by molar-refractivity contribution is 5.94. The zero-order valence-corrected chi connectivity index (χ0v) is 11.1. The van der Waals surface area contributed by atoms with Gasteiger partial charge in [0.1, 0.15) is 11.5 Å². The predicted octanol–water partition coefficient (Wildman–Crippen LogP) is 2.52. The second kappa shape index (κ2) is 5.58. The van der Waals surface area contributed by atoms with Gasteiger partial charge >= 0.3 is 5.69 Å². The molecule has 0 saturated carbocycles. The van der Waals surface area contributed by atoms with Gasteiger partial charge in [-0.2, -0.15) is 0 Å². The quantitative estimate of drug-likeness (QED) is 0.554. The van der Waals surface area contributed by atoms with Crippen molar-refractivity contribution >= 4 is 22.3 Å². The Morgan fingerprint density at radius 2 is 2.14 bits per heavy atom. The normalized spacial score (nSPS) is 10.7. The van der Waals surface area contributed by atoms with Crippen molar-refractivity contribution in [1.82, 2.24) is 15.0 Å². The van der Waals surface area contributed by atoms with E-state index in [1.165, 1.54) is 0 Å². The third-order valence-electron chi connectivity index (χ3n) is 3.17. The van der Waals surface area contributed by atoms with E-state index in [1.54, 1.807) is 42.9 Å². The molecular formula is C14H13N5O2. The fourth-order valence-electron chi connectivity index (χ4n) is 2.23. The summed E-state index contributed by atoms with van der Waals surface area (Å²) in [7, 11) is 0. The number of aromatic amines is 1. The number of aromatic nitrogens is 3. The number of H-pyrrole nitrogens is 1. The van der Waals surface area contributed by atoms with Gasteiger partial charge in [0.25, 0.3) is 0 Å². The summed E-state index contributed by atoms with van der Waals surface area (Å²) < 4.78 is 0. The Morgan fingerprint density at radius 3 is 2.90 bits per heavy atom. The number of rotatable bonds is 5. The average molecular weight is 283 g/mol. The van der Waals surface area contributed by atoms with Gasteiger partial charge in [0, 0.05) is 31.6 Å². The molecule has 2 N–H and O–H groups in total. The van der Waals surface area contributed by atoms with E-state index in [9.17, 15) is 10.1 Å². The van der Waals surface area contributed by atoms with Crippen LogP contribution in [0.3, 0.4) is 0 Å². The van der Waals surface area contributed by atoms with Crippen molar-refractivity contribution in [2.75, 3.05) is 11.9 Å². The minimum absolute atomic E-state index is 0.0556. The molecule has 0 spiro atoms. The first-order chi connectivity index (χ1) is 10.3. The Hall–Kier alpha value is -2.96. The summed E-state index contributed by atoms with van der Waals surface area (Å²) >= 11 is 0. The standard InChI is InChI=1S/C14H13N5O2/c20-19(21)14-10-2-1-6-15-11(10)3-4-12(14)16-7-5-13-17-8-9-18-13/h1-4,6,8-9,16H,5,7H2,(H,17,18). The monoisotopic (exact) mass is 283 g/mol. The Balaban J connectivity index is 1.87. The lowest BCUT2D eigenvalue weighted by molar-refractivity contribution is -0.382. The number of hydrogen-bond acceptors (Lipinski definition) is 5. The van der Waals surface area contributed by atoms with Crippen LogP contribution < -0.4 is 5.32 Å². The van der Waals surface area contributed by atoms with Crippen LogP contribution in [0.15, 0.2) is 42.9 Å². The molecular weight excluding hydrogens is 270 g/mol. The third-order valence-corrected chi connectivity index (χ3v) is 3.17. The first-order valence-corrected chi connectivity index (χ1v) is 6.50. The van der Waals surface area contributed by atoms with Gasteiger partial charge in [0.2, 0.25) is 0 Å². The van der Waals surface area contributed by atoms with E-state index < -0.39 is 0 Å². The summed E-state index contributed by atoms with van der Waals surface area (Å²) in [4.78, 5) is 22.2. The van der Waals surface area contributed by atoms with Crippen LogP contribution in [0.5, 0.6) is 0 Å². The number of benzene rings is 1. The van der Waals surface area contributed by atoms with Gasteiger partial charge in [-0.05, 0) is 24.3 Å². The largest absolute Gasteiger partial charge is 0.379 e. The lowest BCUT2D eigenvalue weighted by Gasteiger charge is -2.08. The van der Waals surface area contributed by atoms with E-state index in [4.69, 9.17) is 0 Å². The number of fused-ring (bicyclic) bond motifs is 1. The summed E-state index contributed by atoms with van der Waals surface area (Å²) in [6, 6.07) is 6.87. The van der Waals surface area contributed by atoms with Crippen molar-refractivity contribution in [3.05, 3.63) is 58.8 Å². The summed E-state index contributed by atoms with van der Waals surface area (Å²) in [6.07, 6.45) is 5.71. The van der Waals surface area contributed by atoms with Crippen molar-refractivity contribution < 1.29 is 4.92 Å². The lowest BCUT2D eigenvalue weighted by Crippen LogP contribution is -2.08. The topological polar surface area (TPSA) is 96.7 Å². The Morgan fingerprint density at radius 1 is 1.24 bits per heavy atom. The van der Waals surface area contributed by atoms with Gasteiger partial charge in [0.15, 0.2) is 0 Å². The van der Waals surface area contributed by atoms with Gasteiger partial charge in [-0.15, -0.1) is 0 Å². The molecule has 0 atom stereocenters. The van der Waals surface area contributed by atoms with E-state index in [2.05, 4.69) is 20.3 Å². The molecule has 3 aromatic rings. The molecule has 0 amide bonds. The van der Waals surface area contributed by atoms with Crippen LogP contribution in [0.25, 0.3) is 10.9 Å². The van der Waals surface area contributed by atoms with Crippen molar-refractivity contribution in [1.29, 1.82) is 0 Å². The predicted molar refractivity (Wildman–Crippen MR) is 79.2 cm³/mol. The molecule has 0 aliphatic heterocycles. The number of nitro benzene ring substituents is 1. The van der Waals surface area contributed by atoms with E-state index in [-0.39, 0.29) is 10.6 Å². The first kappa shape index (κ1) is 13.0. The maximum Gasteiger partial charge on any atom is 0.301 e. The van der Waals surface area contributed by atoms with E-state index in [0.717, 1.165) is 5.82 Å². The van der Waals surface area contributed by atoms with Gasteiger partial charge in [-0.25, -0.2) is 4.98 Å². The van der Waals surface area contributed by atoms with Crippen LogP contribution in [-0.4, -0.2) is 26.4 Å². The van der Waals surface area contributed by atoms with E-state index in [0.29, 0.717) is 29.6 Å².